The van der Waals surface area contributed by atoms with Gasteiger partial charge in [-0.3, -0.25) is 4.79 Å². The molecule has 1 fully saturated rings. The van der Waals surface area contributed by atoms with Crippen molar-refractivity contribution in [1.29, 1.82) is 0 Å². The Labute approximate surface area is 229 Å². The number of ketones is 1. The molecule has 0 unspecified atom stereocenters. The van der Waals surface area contributed by atoms with Gasteiger partial charge >= 0.3 is 5.97 Å². The van der Waals surface area contributed by atoms with E-state index >= 15 is 0 Å². The van der Waals surface area contributed by atoms with Gasteiger partial charge in [0.05, 0.1) is 20.3 Å². The average molecular weight is 533 g/mol. The fourth-order valence-electron chi connectivity index (χ4n) is 4.66. The first-order valence-electron chi connectivity index (χ1n) is 13.3. The van der Waals surface area contributed by atoms with Crippen LogP contribution in [0, 0.1) is 0 Å². The molecular formula is C30H36N4O5. The van der Waals surface area contributed by atoms with Crippen LogP contribution in [0.3, 0.4) is 0 Å². The molecule has 3 aromatic rings. The summed E-state index contributed by atoms with van der Waals surface area (Å²) in [6.45, 7) is 2.39. The van der Waals surface area contributed by atoms with Gasteiger partial charge in [0, 0.05) is 31.9 Å². The summed E-state index contributed by atoms with van der Waals surface area (Å²) in [5.74, 6) is 0.932. The second kappa shape index (κ2) is 13.1. The number of rotatable bonds is 11. The summed E-state index contributed by atoms with van der Waals surface area (Å²) in [4.78, 5) is 26.8. The van der Waals surface area contributed by atoms with Crippen molar-refractivity contribution in [3.63, 3.8) is 0 Å². The van der Waals surface area contributed by atoms with Crippen LogP contribution in [0.2, 0.25) is 0 Å². The molecule has 1 aliphatic carbocycles. The Kier molecular flexibility index (Phi) is 9.35. The zero-order valence-corrected chi connectivity index (χ0v) is 23.0. The molecule has 0 amide bonds. The summed E-state index contributed by atoms with van der Waals surface area (Å²) in [6.07, 6.45) is 6.79. The van der Waals surface area contributed by atoms with Gasteiger partial charge in [0.2, 0.25) is 11.6 Å². The van der Waals surface area contributed by atoms with Crippen molar-refractivity contribution >= 4 is 11.8 Å². The number of carbonyl (C=O) groups is 2. The fraction of sp³-hybridized carbons (Fsp3) is 0.400. The molecule has 0 atom stereocenters. The Morgan fingerprint density at radius 2 is 1.72 bits per heavy atom. The van der Waals surface area contributed by atoms with E-state index in [0.29, 0.717) is 23.9 Å². The van der Waals surface area contributed by atoms with Gasteiger partial charge in [0.1, 0.15) is 11.9 Å². The Bertz CT molecular complexity index is 1270. The van der Waals surface area contributed by atoms with Gasteiger partial charge in [-0.15, -0.1) is 5.10 Å². The highest BCUT2D eigenvalue weighted by Gasteiger charge is 2.29. The first-order chi connectivity index (χ1) is 18.9. The van der Waals surface area contributed by atoms with E-state index in [-0.39, 0.29) is 24.2 Å². The molecule has 4 rings (SSSR count). The number of hydrogen-bond acceptors (Lipinski definition) is 8. The molecule has 0 aliphatic heterocycles. The SMILES string of the molecule is CCOC(=O)c1nnn(Cc2ccc(OC)cc2)c1O[C@H]1CC[C@H](c2ccc(C(=O)/C=C/N(C)C)cc2)CC1. The van der Waals surface area contributed by atoms with Crippen molar-refractivity contribution in [2.45, 2.75) is 51.2 Å². The van der Waals surface area contributed by atoms with Gasteiger partial charge in [0.15, 0.2) is 5.78 Å². The van der Waals surface area contributed by atoms with Crippen LogP contribution in [0.1, 0.15) is 70.5 Å². The molecular weight excluding hydrogens is 496 g/mol. The third kappa shape index (κ3) is 7.25. The lowest BCUT2D eigenvalue weighted by molar-refractivity contribution is 0.0507. The molecule has 0 spiro atoms. The van der Waals surface area contributed by atoms with Crippen LogP contribution in [0.4, 0.5) is 0 Å². The van der Waals surface area contributed by atoms with Crippen LogP contribution in [-0.4, -0.2) is 65.6 Å². The number of benzene rings is 2. The van der Waals surface area contributed by atoms with Crippen molar-refractivity contribution < 1.29 is 23.8 Å². The van der Waals surface area contributed by atoms with Gasteiger partial charge in [-0.1, -0.05) is 41.6 Å². The smallest absolute Gasteiger partial charge is 0.364 e. The average Bonchev–Trinajstić information content (AvgIpc) is 3.34. The predicted octanol–water partition coefficient (Wildman–Crippen LogP) is 4.87. The van der Waals surface area contributed by atoms with E-state index in [9.17, 15) is 9.59 Å². The number of methoxy groups -OCH3 is 1. The summed E-state index contributed by atoms with van der Waals surface area (Å²) in [6, 6.07) is 15.5. The van der Waals surface area contributed by atoms with E-state index < -0.39 is 5.97 Å². The van der Waals surface area contributed by atoms with Crippen molar-refractivity contribution in [2.24, 2.45) is 0 Å². The highest BCUT2D eigenvalue weighted by molar-refractivity contribution is 6.04. The van der Waals surface area contributed by atoms with Gasteiger partial charge in [-0.2, -0.15) is 0 Å². The standard InChI is InChI=1S/C30H36N4O5/c1-5-38-30(36)28-29(34(32-31-28)20-21-6-14-25(37-4)15-7-21)39-26-16-12-23(13-17-26)22-8-10-24(11-9-22)27(35)18-19-33(2)3/h6-11,14-15,18-19,23,26H,5,12-13,16-17,20H2,1-4H3/b19-18+/t23-,26-. The van der Waals surface area contributed by atoms with Crippen LogP contribution in [0.5, 0.6) is 11.6 Å². The summed E-state index contributed by atoms with van der Waals surface area (Å²) in [5, 5.41) is 8.30. The van der Waals surface area contributed by atoms with Crippen LogP contribution in [0.15, 0.2) is 60.8 Å². The maximum absolute atomic E-state index is 12.6. The Morgan fingerprint density at radius 3 is 2.33 bits per heavy atom. The van der Waals surface area contributed by atoms with E-state index in [1.165, 1.54) is 5.56 Å². The lowest BCUT2D eigenvalue weighted by atomic mass is 9.82. The number of esters is 1. The van der Waals surface area contributed by atoms with Gasteiger partial charge in [-0.05, 0) is 61.8 Å². The second-order valence-electron chi connectivity index (χ2n) is 9.83. The van der Waals surface area contributed by atoms with Gasteiger partial charge < -0.3 is 19.1 Å². The van der Waals surface area contributed by atoms with Crippen LogP contribution >= 0.6 is 0 Å². The van der Waals surface area contributed by atoms with E-state index in [1.54, 1.807) is 31.0 Å². The third-order valence-electron chi connectivity index (χ3n) is 6.79. The zero-order valence-electron chi connectivity index (χ0n) is 23.0. The predicted molar refractivity (Wildman–Crippen MR) is 147 cm³/mol. The number of aromatic nitrogens is 3. The minimum absolute atomic E-state index is 0.00961. The van der Waals surface area contributed by atoms with E-state index in [2.05, 4.69) is 22.4 Å². The highest BCUT2D eigenvalue weighted by Crippen LogP contribution is 2.35. The van der Waals surface area contributed by atoms with E-state index in [0.717, 1.165) is 37.0 Å². The molecule has 0 bridgehead atoms. The van der Waals surface area contributed by atoms with E-state index in [4.69, 9.17) is 14.2 Å². The Balaban J connectivity index is 1.42. The first kappa shape index (κ1) is 27.9. The van der Waals surface area contributed by atoms with Gasteiger partial charge in [0.25, 0.3) is 0 Å². The van der Waals surface area contributed by atoms with Crippen molar-refractivity contribution in [3.8, 4) is 11.6 Å². The van der Waals surface area contributed by atoms with Crippen LogP contribution in [-0.2, 0) is 11.3 Å². The molecule has 1 saturated carbocycles. The third-order valence-corrected chi connectivity index (χ3v) is 6.79. The molecule has 1 heterocycles. The molecule has 9 heteroatoms. The molecule has 0 saturated heterocycles. The summed E-state index contributed by atoms with van der Waals surface area (Å²) in [5.41, 5.74) is 2.97. The lowest BCUT2D eigenvalue weighted by Crippen LogP contribution is -2.25. The number of nitrogens with zero attached hydrogens (tertiary/aromatic N) is 4. The molecule has 39 heavy (non-hydrogen) atoms. The Morgan fingerprint density at radius 1 is 1.03 bits per heavy atom. The molecule has 1 aromatic heterocycles. The molecule has 0 radical (unpaired) electrons. The monoisotopic (exact) mass is 532 g/mol. The normalized spacial score (nSPS) is 17.1. The maximum Gasteiger partial charge on any atom is 0.364 e. The number of hydrogen-bond donors (Lipinski definition) is 0. The van der Waals surface area contributed by atoms with Crippen molar-refractivity contribution in [1.82, 2.24) is 19.9 Å². The Hall–Kier alpha value is -4.14. The maximum atomic E-state index is 12.6. The van der Waals surface area contributed by atoms with Crippen LogP contribution < -0.4 is 9.47 Å². The van der Waals surface area contributed by atoms with E-state index in [1.807, 2.05) is 55.4 Å². The summed E-state index contributed by atoms with van der Waals surface area (Å²) in [7, 11) is 5.39. The second-order valence-corrected chi connectivity index (χ2v) is 9.83. The molecule has 9 nitrogen and oxygen atoms in total. The van der Waals surface area contributed by atoms with Crippen LogP contribution in [0.25, 0.3) is 0 Å². The van der Waals surface area contributed by atoms with Crippen molar-refractivity contribution in [2.75, 3.05) is 27.8 Å². The number of carbonyl (C=O) groups excluding carboxylic acids is 2. The fourth-order valence-corrected chi connectivity index (χ4v) is 4.66. The number of allylic oxidation sites excluding steroid dienone is 1. The molecule has 2 aromatic carbocycles. The quantitative estimate of drug-likeness (QED) is 0.196. The zero-order chi connectivity index (χ0) is 27.8. The summed E-state index contributed by atoms with van der Waals surface area (Å²) >= 11 is 0. The molecule has 0 N–H and O–H groups in total. The summed E-state index contributed by atoms with van der Waals surface area (Å²) < 4.78 is 18.4. The lowest BCUT2D eigenvalue weighted by Gasteiger charge is -2.29. The molecule has 206 valence electrons. The number of ether oxygens (including phenoxy) is 3. The minimum Gasteiger partial charge on any atom is -0.497 e. The topological polar surface area (TPSA) is 95.8 Å². The molecule has 1 aliphatic rings. The highest BCUT2D eigenvalue weighted by atomic mass is 16.5. The van der Waals surface area contributed by atoms with Crippen molar-refractivity contribution in [3.05, 3.63) is 83.2 Å². The first-order valence-corrected chi connectivity index (χ1v) is 13.3. The van der Waals surface area contributed by atoms with Gasteiger partial charge in [-0.25, -0.2) is 9.48 Å². The minimum atomic E-state index is -0.544. The largest absolute Gasteiger partial charge is 0.497 e.